The standard InChI is InChI=1S/C16H22FN3/c1-13(12-20-7-2-3-8-20)10-19-11-15-6-4-5-14(9-18)16(15)17/h4-6,13,19H,2-3,7-8,10-12H2,1H3. The molecule has 0 amide bonds. The zero-order valence-electron chi connectivity index (χ0n) is 12.0. The molecule has 20 heavy (non-hydrogen) atoms. The van der Waals surface area contributed by atoms with Gasteiger partial charge in [0.2, 0.25) is 0 Å². The van der Waals surface area contributed by atoms with Crippen LogP contribution in [0.2, 0.25) is 0 Å². The third-order valence-corrected chi connectivity index (χ3v) is 3.78. The van der Waals surface area contributed by atoms with Crippen LogP contribution in [0.4, 0.5) is 4.39 Å². The summed E-state index contributed by atoms with van der Waals surface area (Å²) in [6.07, 6.45) is 2.62. The van der Waals surface area contributed by atoms with E-state index in [1.54, 1.807) is 12.1 Å². The SMILES string of the molecule is CC(CNCc1cccc(C#N)c1F)CN1CCCC1. The number of nitrogens with zero attached hydrogens (tertiary/aromatic N) is 2. The Balaban J connectivity index is 1.76. The summed E-state index contributed by atoms with van der Waals surface area (Å²) in [5, 5.41) is 12.1. The van der Waals surface area contributed by atoms with Gasteiger partial charge in [-0.05, 0) is 44.5 Å². The predicted molar refractivity (Wildman–Crippen MR) is 77.7 cm³/mol. The van der Waals surface area contributed by atoms with Gasteiger partial charge in [0.05, 0.1) is 5.56 Å². The maximum Gasteiger partial charge on any atom is 0.145 e. The molecule has 0 aromatic heterocycles. The molecule has 1 aromatic rings. The van der Waals surface area contributed by atoms with Crippen LogP contribution >= 0.6 is 0 Å². The summed E-state index contributed by atoms with van der Waals surface area (Å²) < 4.78 is 13.9. The summed E-state index contributed by atoms with van der Waals surface area (Å²) >= 11 is 0. The van der Waals surface area contributed by atoms with Crippen molar-refractivity contribution < 1.29 is 4.39 Å². The van der Waals surface area contributed by atoms with Gasteiger partial charge in [0, 0.05) is 18.7 Å². The van der Waals surface area contributed by atoms with Crippen LogP contribution in [0.3, 0.4) is 0 Å². The highest BCUT2D eigenvalue weighted by molar-refractivity contribution is 5.34. The second kappa shape index (κ2) is 7.37. The molecule has 1 saturated heterocycles. The monoisotopic (exact) mass is 275 g/mol. The van der Waals surface area contributed by atoms with Crippen molar-refractivity contribution in [3.63, 3.8) is 0 Å². The van der Waals surface area contributed by atoms with E-state index in [1.807, 2.05) is 6.07 Å². The maximum atomic E-state index is 13.9. The summed E-state index contributed by atoms with van der Waals surface area (Å²) in [5.41, 5.74) is 0.687. The highest BCUT2D eigenvalue weighted by atomic mass is 19.1. The molecule has 1 aliphatic heterocycles. The van der Waals surface area contributed by atoms with Gasteiger partial charge in [-0.3, -0.25) is 0 Å². The first-order valence-electron chi connectivity index (χ1n) is 7.31. The zero-order chi connectivity index (χ0) is 14.4. The fourth-order valence-corrected chi connectivity index (χ4v) is 2.73. The normalized spacial score (nSPS) is 17.1. The largest absolute Gasteiger partial charge is 0.312 e. The van der Waals surface area contributed by atoms with Gasteiger partial charge in [-0.15, -0.1) is 0 Å². The van der Waals surface area contributed by atoms with Crippen LogP contribution in [0.1, 0.15) is 30.9 Å². The van der Waals surface area contributed by atoms with Crippen molar-refractivity contribution in [3.8, 4) is 6.07 Å². The van der Waals surface area contributed by atoms with Crippen molar-refractivity contribution in [1.29, 1.82) is 5.26 Å². The van der Waals surface area contributed by atoms with E-state index < -0.39 is 5.82 Å². The van der Waals surface area contributed by atoms with Crippen molar-refractivity contribution in [1.82, 2.24) is 10.2 Å². The Hall–Kier alpha value is -1.44. The summed E-state index contributed by atoms with van der Waals surface area (Å²) in [4.78, 5) is 2.49. The topological polar surface area (TPSA) is 39.1 Å². The molecule has 0 saturated carbocycles. The van der Waals surface area contributed by atoms with Gasteiger partial charge in [-0.25, -0.2) is 4.39 Å². The number of nitriles is 1. The van der Waals surface area contributed by atoms with Crippen LogP contribution in [0.25, 0.3) is 0 Å². The molecule has 1 heterocycles. The molecule has 108 valence electrons. The molecule has 1 aliphatic rings. The second-order valence-corrected chi connectivity index (χ2v) is 5.63. The molecular formula is C16H22FN3. The lowest BCUT2D eigenvalue weighted by Crippen LogP contribution is -2.31. The Morgan fingerprint density at radius 1 is 1.40 bits per heavy atom. The predicted octanol–water partition coefficient (Wildman–Crippen LogP) is 2.52. The van der Waals surface area contributed by atoms with Gasteiger partial charge in [0.1, 0.15) is 11.9 Å². The minimum atomic E-state index is -0.394. The van der Waals surface area contributed by atoms with E-state index in [2.05, 4.69) is 17.1 Å². The van der Waals surface area contributed by atoms with Gasteiger partial charge in [-0.1, -0.05) is 19.1 Å². The first-order chi connectivity index (χ1) is 9.70. The summed E-state index contributed by atoms with van der Waals surface area (Å²) in [6.45, 7) is 7.09. The quantitative estimate of drug-likeness (QED) is 0.867. The van der Waals surface area contributed by atoms with E-state index in [0.717, 1.165) is 13.1 Å². The molecule has 0 bridgehead atoms. The van der Waals surface area contributed by atoms with Crippen molar-refractivity contribution >= 4 is 0 Å². The van der Waals surface area contributed by atoms with Crippen molar-refractivity contribution in [2.24, 2.45) is 5.92 Å². The van der Waals surface area contributed by atoms with Gasteiger partial charge in [-0.2, -0.15) is 5.26 Å². The van der Waals surface area contributed by atoms with Crippen molar-refractivity contribution in [2.75, 3.05) is 26.2 Å². The highest BCUT2D eigenvalue weighted by Gasteiger charge is 2.14. The van der Waals surface area contributed by atoms with E-state index >= 15 is 0 Å². The third kappa shape index (κ3) is 4.03. The summed E-state index contributed by atoms with van der Waals surface area (Å²) in [7, 11) is 0. The Bertz CT molecular complexity index is 475. The number of nitrogens with one attached hydrogen (secondary N) is 1. The van der Waals surface area contributed by atoms with Crippen LogP contribution in [-0.4, -0.2) is 31.1 Å². The Morgan fingerprint density at radius 3 is 2.85 bits per heavy atom. The first-order valence-corrected chi connectivity index (χ1v) is 7.31. The molecule has 2 rings (SSSR count). The lowest BCUT2D eigenvalue weighted by atomic mass is 10.1. The summed E-state index contributed by atoms with van der Waals surface area (Å²) in [5.74, 6) is 0.157. The minimum Gasteiger partial charge on any atom is -0.312 e. The molecule has 1 aromatic carbocycles. The Morgan fingerprint density at radius 2 is 2.15 bits per heavy atom. The number of rotatable bonds is 6. The van der Waals surface area contributed by atoms with E-state index in [9.17, 15) is 4.39 Å². The van der Waals surface area contributed by atoms with Crippen LogP contribution < -0.4 is 5.32 Å². The van der Waals surface area contributed by atoms with Crippen molar-refractivity contribution in [2.45, 2.75) is 26.3 Å². The molecule has 1 unspecified atom stereocenters. The lowest BCUT2D eigenvalue weighted by Gasteiger charge is -2.20. The Labute approximate surface area is 120 Å². The maximum absolute atomic E-state index is 13.9. The fraction of sp³-hybridized carbons (Fsp3) is 0.562. The fourth-order valence-electron chi connectivity index (χ4n) is 2.73. The van der Waals surface area contributed by atoms with E-state index in [0.29, 0.717) is 18.0 Å². The molecule has 3 nitrogen and oxygen atoms in total. The average Bonchev–Trinajstić information content (AvgIpc) is 2.93. The minimum absolute atomic E-state index is 0.120. The Kier molecular flexibility index (Phi) is 5.51. The molecular weight excluding hydrogens is 253 g/mol. The van der Waals surface area contributed by atoms with Crippen molar-refractivity contribution in [3.05, 3.63) is 35.1 Å². The molecule has 4 heteroatoms. The lowest BCUT2D eigenvalue weighted by molar-refractivity contribution is 0.282. The van der Waals surface area contributed by atoms with Crippen LogP contribution in [0.5, 0.6) is 0 Å². The smallest absolute Gasteiger partial charge is 0.145 e. The number of hydrogen-bond donors (Lipinski definition) is 1. The molecule has 0 spiro atoms. The van der Waals surface area contributed by atoms with Gasteiger partial charge in [0.25, 0.3) is 0 Å². The molecule has 1 N–H and O–H groups in total. The number of halogens is 1. The third-order valence-electron chi connectivity index (χ3n) is 3.78. The second-order valence-electron chi connectivity index (χ2n) is 5.63. The first kappa shape index (κ1) is 15.0. The highest BCUT2D eigenvalue weighted by Crippen LogP contribution is 2.12. The van der Waals surface area contributed by atoms with E-state index in [-0.39, 0.29) is 5.56 Å². The molecule has 0 radical (unpaired) electrons. The molecule has 0 aliphatic carbocycles. The van der Waals surface area contributed by atoms with Gasteiger partial charge >= 0.3 is 0 Å². The van der Waals surface area contributed by atoms with E-state index in [1.165, 1.54) is 32.0 Å². The molecule has 1 fully saturated rings. The number of likely N-dealkylation sites (tertiary alicyclic amines) is 1. The summed E-state index contributed by atoms with van der Waals surface area (Å²) in [6, 6.07) is 6.84. The average molecular weight is 275 g/mol. The number of benzene rings is 1. The van der Waals surface area contributed by atoms with Crippen LogP contribution in [0.15, 0.2) is 18.2 Å². The molecule has 1 atom stereocenters. The van der Waals surface area contributed by atoms with Crippen LogP contribution in [0, 0.1) is 23.1 Å². The van der Waals surface area contributed by atoms with Crippen LogP contribution in [-0.2, 0) is 6.54 Å². The van der Waals surface area contributed by atoms with E-state index in [4.69, 9.17) is 5.26 Å². The van der Waals surface area contributed by atoms with Gasteiger partial charge < -0.3 is 10.2 Å². The van der Waals surface area contributed by atoms with Gasteiger partial charge in [0.15, 0.2) is 0 Å². The zero-order valence-corrected chi connectivity index (χ0v) is 12.0. The number of hydrogen-bond acceptors (Lipinski definition) is 3.